The topological polar surface area (TPSA) is 40.5 Å². The summed E-state index contributed by atoms with van der Waals surface area (Å²) >= 11 is 0. The van der Waals surface area contributed by atoms with Crippen LogP contribution >= 0.6 is 0 Å². The van der Waals surface area contributed by atoms with Gasteiger partial charge < -0.3 is 10.2 Å². The van der Waals surface area contributed by atoms with Crippen molar-refractivity contribution in [3.05, 3.63) is 214 Å². The minimum absolute atomic E-state index is 0.165. The summed E-state index contributed by atoms with van der Waals surface area (Å²) in [4.78, 5) is 0. The van der Waals surface area contributed by atoms with Gasteiger partial charge in [-0.15, -0.1) is 0 Å². The van der Waals surface area contributed by atoms with Crippen LogP contribution in [0.1, 0.15) is 56.3 Å². The van der Waals surface area contributed by atoms with Gasteiger partial charge in [0.15, 0.2) is 0 Å². The Labute approximate surface area is 258 Å². The van der Waals surface area contributed by atoms with Crippen LogP contribution in [0.5, 0.6) is 0 Å². The standard InChI is InChI=1S/C42H34O2/c43-41(29-17-5-1-6-18-29,30-19-7-2-8-20-30)39-37-33-25-13-15-27-35(33)38(36-28-16-14-26-34(36)37)40(39)42(44,31-21-9-3-10-22-31)32-23-11-4-12-24-32/h1-28,37-40,43-44H/t37?,38?,39-,40-/m1/s1. The van der Waals surface area contributed by atoms with Gasteiger partial charge in [-0.25, -0.2) is 0 Å². The zero-order valence-electron chi connectivity index (χ0n) is 24.4. The Hall–Kier alpha value is -4.76. The Morgan fingerprint density at radius 2 is 0.500 bits per heavy atom. The fourth-order valence-electron chi connectivity index (χ4n) is 8.55. The van der Waals surface area contributed by atoms with Crippen LogP contribution in [0.25, 0.3) is 0 Å². The van der Waals surface area contributed by atoms with Gasteiger partial charge in [0.1, 0.15) is 11.2 Å². The molecule has 2 atom stereocenters. The highest BCUT2D eigenvalue weighted by Crippen LogP contribution is 2.67. The highest BCUT2D eigenvalue weighted by Gasteiger charge is 2.63. The number of rotatable bonds is 6. The van der Waals surface area contributed by atoms with E-state index in [2.05, 4.69) is 48.5 Å². The first-order chi connectivity index (χ1) is 21.6. The van der Waals surface area contributed by atoms with Crippen molar-refractivity contribution in [3.8, 4) is 0 Å². The molecule has 6 aromatic carbocycles. The maximum atomic E-state index is 13.7. The lowest BCUT2D eigenvalue weighted by atomic mass is 9.45. The maximum Gasteiger partial charge on any atom is 0.119 e. The van der Waals surface area contributed by atoms with E-state index >= 15 is 0 Å². The Bertz CT molecular complexity index is 1630. The number of aliphatic hydroxyl groups is 2. The number of hydrogen-bond donors (Lipinski definition) is 2. The second-order valence-electron chi connectivity index (χ2n) is 12.3. The minimum atomic E-state index is -1.42. The van der Waals surface area contributed by atoms with Crippen LogP contribution in [0.2, 0.25) is 0 Å². The van der Waals surface area contributed by atoms with Gasteiger partial charge in [0, 0.05) is 23.7 Å². The van der Waals surface area contributed by atoms with Crippen molar-refractivity contribution in [1.29, 1.82) is 0 Å². The second kappa shape index (κ2) is 10.4. The van der Waals surface area contributed by atoms with Crippen LogP contribution < -0.4 is 0 Å². The molecule has 0 unspecified atom stereocenters. The van der Waals surface area contributed by atoms with E-state index in [1.54, 1.807) is 0 Å². The largest absolute Gasteiger partial charge is 0.380 e. The molecular weight excluding hydrogens is 536 g/mol. The van der Waals surface area contributed by atoms with Gasteiger partial charge in [-0.2, -0.15) is 0 Å². The average Bonchev–Trinajstić information content (AvgIpc) is 3.12. The molecule has 0 heterocycles. The molecule has 0 fully saturated rings. The van der Waals surface area contributed by atoms with E-state index in [4.69, 9.17) is 0 Å². The van der Waals surface area contributed by atoms with E-state index < -0.39 is 23.0 Å². The molecule has 3 aliphatic rings. The molecule has 6 aromatic rings. The Morgan fingerprint density at radius 3 is 0.727 bits per heavy atom. The lowest BCUT2D eigenvalue weighted by molar-refractivity contribution is -0.105. The van der Waals surface area contributed by atoms with E-state index in [1.165, 1.54) is 22.3 Å². The summed E-state index contributed by atoms with van der Waals surface area (Å²) in [6.45, 7) is 0. The lowest BCUT2D eigenvalue weighted by Crippen LogP contribution is -2.58. The molecule has 0 amide bonds. The molecule has 0 aromatic heterocycles. The normalized spacial score (nSPS) is 20.5. The molecular formula is C42H34O2. The highest BCUT2D eigenvalue weighted by atomic mass is 16.3. The van der Waals surface area contributed by atoms with Crippen molar-refractivity contribution < 1.29 is 10.2 Å². The van der Waals surface area contributed by atoms with Crippen LogP contribution in [-0.2, 0) is 11.2 Å². The smallest absolute Gasteiger partial charge is 0.119 e. The third-order valence-electron chi connectivity index (χ3n) is 10.3. The van der Waals surface area contributed by atoms with Crippen molar-refractivity contribution in [2.24, 2.45) is 11.8 Å². The Balaban J connectivity index is 1.53. The van der Waals surface area contributed by atoms with E-state index in [0.29, 0.717) is 0 Å². The van der Waals surface area contributed by atoms with Crippen molar-refractivity contribution in [3.63, 3.8) is 0 Å². The zero-order chi connectivity index (χ0) is 29.7. The van der Waals surface area contributed by atoms with Gasteiger partial charge in [0.2, 0.25) is 0 Å². The average molecular weight is 571 g/mol. The summed E-state index contributed by atoms with van der Waals surface area (Å²) in [5, 5.41) is 27.3. The predicted molar refractivity (Wildman–Crippen MR) is 175 cm³/mol. The fourth-order valence-corrected chi connectivity index (χ4v) is 8.55. The van der Waals surface area contributed by atoms with Gasteiger partial charge in [0.25, 0.3) is 0 Å². The van der Waals surface area contributed by atoms with Gasteiger partial charge in [0.05, 0.1) is 0 Å². The van der Waals surface area contributed by atoms with Gasteiger partial charge in [-0.1, -0.05) is 170 Å². The molecule has 3 aliphatic carbocycles. The van der Waals surface area contributed by atoms with Crippen molar-refractivity contribution in [1.82, 2.24) is 0 Å². The number of hydrogen-bond acceptors (Lipinski definition) is 2. The SMILES string of the molecule is OC(c1ccccc1)(c1ccccc1)[C@@H]1C2c3ccccc3C(c3ccccc32)[C@H]1C(O)(c1ccccc1)c1ccccc1. The quantitative estimate of drug-likeness (QED) is 0.211. The minimum Gasteiger partial charge on any atom is -0.380 e. The first-order valence-corrected chi connectivity index (χ1v) is 15.5. The van der Waals surface area contributed by atoms with Gasteiger partial charge >= 0.3 is 0 Å². The van der Waals surface area contributed by atoms with Crippen LogP contribution in [0, 0.1) is 11.8 Å². The molecule has 214 valence electrons. The summed E-state index contributed by atoms with van der Waals surface area (Å²) in [5.74, 6) is -1.18. The molecule has 2 heteroatoms. The van der Waals surface area contributed by atoms with E-state index in [1.807, 2.05) is 121 Å². The van der Waals surface area contributed by atoms with E-state index in [-0.39, 0.29) is 11.8 Å². The summed E-state index contributed by atoms with van der Waals surface area (Å²) in [6.07, 6.45) is 0. The summed E-state index contributed by atoms with van der Waals surface area (Å²) in [6, 6.07) is 57.6. The molecule has 9 rings (SSSR count). The van der Waals surface area contributed by atoms with Gasteiger partial charge in [-0.05, 0) is 44.5 Å². The predicted octanol–water partition coefficient (Wildman–Crippen LogP) is 8.38. The zero-order valence-corrected chi connectivity index (χ0v) is 24.4. The molecule has 0 spiro atoms. The maximum absolute atomic E-state index is 13.7. The second-order valence-corrected chi connectivity index (χ2v) is 12.3. The molecule has 2 N–H and O–H groups in total. The van der Waals surface area contributed by atoms with Crippen molar-refractivity contribution in [2.45, 2.75) is 23.0 Å². The van der Waals surface area contributed by atoms with E-state index in [0.717, 1.165) is 22.3 Å². The van der Waals surface area contributed by atoms with E-state index in [9.17, 15) is 10.2 Å². The molecule has 0 saturated heterocycles. The first kappa shape index (κ1) is 26.8. The molecule has 2 bridgehead atoms. The van der Waals surface area contributed by atoms with Crippen LogP contribution in [-0.4, -0.2) is 10.2 Å². The number of fused-ring (bicyclic) bond motifs is 1. The van der Waals surface area contributed by atoms with Crippen molar-refractivity contribution in [2.75, 3.05) is 0 Å². The van der Waals surface area contributed by atoms with Gasteiger partial charge in [-0.3, -0.25) is 0 Å². The first-order valence-electron chi connectivity index (χ1n) is 15.5. The van der Waals surface area contributed by atoms with Crippen molar-refractivity contribution >= 4 is 0 Å². The highest BCUT2D eigenvalue weighted by molar-refractivity contribution is 5.60. The molecule has 0 radical (unpaired) electrons. The van der Waals surface area contributed by atoms with Crippen LogP contribution in [0.4, 0.5) is 0 Å². The monoisotopic (exact) mass is 570 g/mol. The molecule has 2 nitrogen and oxygen atoms in total. The van der Waals surface area contributed by atoms with Crippen LogP contribution in [0.15, 0.2) is 170 Å². The third-order valence-corrected chi connectivity index (χ3v) is 10.3. The van der Waals surface area contributed by atoms with Crippen LogP contribution in [0.3, 0.4) is 0 Å². The third kappa shape index (κ3) is 3.81. The molecule has 0 saturated carbocycles. The molecule has 44 heavy (non-hydrogen) atoms. The summed E-state index contributed by atoms with van der Waals surface area (Å²) < 4.78 is 0. The summed E-state index contributed by atoms with van der Waals surface area (Å²) in [5.41, 5.74) is 5.37. The Kier molecular flexibility index (Phi) is 6.37. The fraction of sp³-hybridized carbons (Fsp3) is 0.143. The lowest BCUT2D eigenvalue weighted by Gasteiger charge is -2.60. The summed E-state index contributed by atoms with van der Waals surface area (Å²) in [7, 11) is 0. The molecule has 0 aliphatic heterocycles. The number of benzene rings is 6. The Morgan fingerprint density at radius 1 is 0.295 bits per heavy atom.